The highest BCUT2D eigenvalue weighted by molar-refractivity contribution is 6.06. The number of aromatic nitrogens is 3. The molecule has 2 atom stereocenters. The number of alkyl halides is 2. The van der Waals surface area contributed by atoms with Gasteiger partial charge in [-0.25, -0.2) is 13.8 Å². The number of halogens is 4. The average Bonchev–Trinajstić information content (AvgIpc) is 3.26. The molecule has 1 saturated heterocycles. The van der Waals surface area contributed by atoms with E-state index in [9.17, 15) is 18.4 Å². The summed E-state index contributed by atoms with van der Waals surface area (Å²) in [6, 6.07) is 10.2. The summed E-state index contributed by atoms with van der Waals surface area (Å²) in [7, 11) is 6.15. The zero-order valence-corrected chi connectivity index (χ0v) is 26.6. The van der Waals surface area contributed by atoms with E-state index in [2.05, 4.69) is 33.7 Å². The van der Waals surface area contributed by atoms with Gasteiger partial charge in [-0.2, -0.15) is 13.5 Å². The first-order chi connectivity index (χ1) is 22.3. The molecule has 1 aliphatic rings. The highest BCUT2D eigenvalue weighted by Crippen LogP contribution is 2.35. The Hall–Kier alpha value is -5.05. The molecule has 1 N–H and O–H groups in total. The maximum absolute atomic E-state index is 15.5. The van der Waals surface area contributed by atoms with Gasteiger partial charge < -0.3 is 24.4 Å². The summed E-state index contributed by atoms with van der Waals surface area (Å²) < 4.78 is 73.4. The number of rotatable bonds is 9. The molecule has 0 saturated carbocycles. The predicted octanol–water partition coefficient (Wildman–Crippen LogP) is 4.92. The number of hydrogen-bond donors (Lipinski definition) is 1. The summed E-state index contributed by atoms with van der Waals surface area (Å²) in [5.41, 5.74) is -2.25. The van der Waals surface area contributed by atoms with Gasteiger partial charge in [-0.3, -0.25) is 19.2 Å². The van der Waals surface area contributed by atoms with Crippen LogP contribution in [-0.2, 0) is 7.05 Å². The van der Waals surface area contributed by atoms with Crippen LogP contribution in [0.4, 0.5) is 29.1 Å². The molecule has 11 nitrogen and oxygen atoms in total. The highest BCUT2D eigenvalue weighted by atomic mass is 19.3. The van der Waals surface area contributed by atoms with Crippen LogP contribution in [0.15, 0.2) is 53.3 Å². The van der Waals surface area contributed by atoms with E-state index in [1.54, 1.807) is 6.07 Å². The molecule has 1 fully saturated rings. The maximum atomic E-state index is 15.5. The number of nitrogens with zero attached hydrogens (tertiary/aromatic N) is 5. The molecular weight excluding hydrogens is 624 g/mol. The van der Waals surface area contributed by atoms with Crippen molar-refractivity contribution in [3.63, 3.8) is 0 Å². The van der Waals surface area contributed by atoms with E-state index < -0.39 is 41.0 Å². The van der Waals surface area contributed by atoms with Crippen LogP contribution < -0.4 is 30.0 Å². The number of pyridine rings is 1. The molecular formula is C32H34F4N6O5. The minimum Gasteiger partial charge on any atom is -0.497 e. The molecule has 0 radical (unpaired) electrons. The number of carbonyl (C=O) groups excluding carboxylic acids is 1. The third-order valence-corrected chi connectivity index (χ3v) is 8.24. The Bertz CT molecular complexity index is 1810. The first kappa shape index (κ1) is 33.3. The number of carbonyl (C=O) groups is 1. The van der Waals surface area contributed by atoms with Crippen LogP contribution in [0.25, 0.3) is 17.1 Å². The normalized spacial score (nSPS) is 16.8. The molecule has 2 aromatic carbocycles. The van der Waals surface area contributed by atoms with Crippen LogP contribution in [0.3, 0.4) is 0 Å². The van der Waals surface area contributed by atoms with E-state index in [0.717, 1.165) is 28.9 Å². The van der Waals surface area contributed by atoms with Crippen molar-refractivity contribution in [2.24, 2.45) is 7.05 Å². The predicted molar refractivity (Wildman–Crippen MR) is 167 cm³/mol. The number of anilines is 2. The van der Waals surface area contributed by atoms with Gasteiger partial charge in [0, 0.05) is 62.0 Å². The zero-order valence-electron chi connectivity index (χ0n) is 26.6. The Morgan fingerprint density at radius 2 is 1.45 bits per heavy atom. The lowest BCUT2D eigenvalue weighted by atomic mass is 10.1. The quantitative estimate of drug-likeness (QED) is 0.253. The summed E-state index contributed by atoms with van der Waals surface area (Å²) in [6.07, 6.45) is 0. The number of ether oxygens (including phenoxy) is 3. The second-order valence-corrected chi connectivity index (χ2v) is 11.2. The van der Waals surface area contributed by atoms with Crippen LogP contribution >= 0.6 is 0 Å². The average molecular weight is 659 g/mol. The molecule has 1 aliphatic heterocycles. The summed E-state index contributed by atoms with van der Waals surface area (Å²) in [5.74, 6) is -2.30. The van der Waals surface area contributed by atoms with Gasteiger partial charge in [0.2, 0.25) is 0 Å². The lowest BCUT2D eigenvalue weighted by Crippen LogP contribution is -2.55. The Balaban J connectivity index is 1.66. The molecule has 250 valence electrons. The van der Waals surface area contributed by atoms with Gasteiger partial charge in [0.05, 0.1) is 19.8 Å². The van der Waals surface area contributed by atoms with Gasteiger partial charge in [0.15, 0.2) is 5.82 Å². The molecule has 0 aliphatic carbocycles. The fraction of sp³-hybridized carbons (Fsp3) is 0.344. The van der Waals surface area contributed by atoms with E-state index in [1.807, 2.05) is 7.05 Å². The monoisotopic (exact) mass is 658 g/mol. The first-order valence-electron chi connectivity index (χ1n) is 14.6. The number of hydrogen-bond acceptors (Lipinski definition) is 8. The van der Waals surface area contributed by atoms with Crippen molar-refractivity contribution in [2.75, 3.05) is 44.6 Å². The van der Waals surface area contributed by atoms with Crippen molar-refractivity contribution in [3.8, 4) is 34.3 Å². The number of benzene rings is 2. The molecule has 2 aromatic heterocycles. The topological polar surface area (TPSA) is 103 Å². The minimum absolute atomic E-state index is 0.0388. The summed E-state index contributed by atoms with van der Waals surface area (Å²) >= 11 is 0. The number of nitrogens with one attached hydrogen (secondary N) is 1. The van der Waals surface area contributed by atoms with Gasteiger partial charge in [0.1, 0.15) is 46.1 Å². The molecule has 0 unspecified atom stereocenters. The molecule has 5 rings (SSSR count). The van der Waals surface area contributed by atoms with Crippen molar-refractivity contribution >= 4 is 17.4 Å². The Kier molecular flexibility index (Phi) is 9.47. The summed E-state index contributed by atoms with van der Waals surface area (Å²) in [5, 5.41) is 2.47. The van der Waals surface area contributed by atoms with E-state index in [0.29, 0.717) is 24.7 Å². The number of methoxy groups -OCH3 is 2. The highest BCUT2D eigenvalue weighted by Gasteiger charge is 2.31. The van der Waals surface area contributed by atoms with Gasteiger partial charge >= 0.3 is 6.61 Å². The third kappa shape index (κ3) is 6.61. The molecule has 4 aromatic rings. The molecule has 0 bridgehead atoms. The maximum Gasteiger partial charge on any atom is 0.387 e. The number of amides is 1. The van der Waals surface area contributed by atoms with Crippen LogP contribution in [0.1, 0.15) is 24.2 Å². The zero-order chi connectivity index (χ0) is 34.2. The third-order valence-electron chi connectivity index (χ3n) is 8.24. The standard InChI is InChI=1S/C32H34F4N6O5/c1-17-15-41(16-18(2)39(17)3)25-13-22(46-6)14-26(37-25)42-31(44)28(38-30(43)19-7-9-20(10-8-19)47-32(35)36)29(40(42)4)27-23(33)11-21(45-5)12-24(27)34/h7-14,17-18,32H,15-16H2,1-6H3,(H,38,43)/t17-,18+. The van der Waals surface area contributed by atoms with Crippen LogP contribution in [0, 0.1) is 11.6 Å². The Morgan fingerprint density at radius 1 is 0.894 bits per heavy atom. The van der Waals surface area contributed by atoms with Crippen molar-refractivity contribution in [2.45, 2.75) is 32.5 Å². The van der Waals surface area contributed by atoms with E-state index in [1.165, 1.54) is 44.1 Å². The van der Waals surface area contributed by atoms with Crippen LogP contribution in [-0.4, -0.2) is 78.2 Å². The van der Waals surface area contributed by atoms with Crippen molar-refractivity contribution in [1.82, 2.24) is 19.2 Å². The number of likely N-dealkylation sites (N-methyl/N-ethyl adjacent to an activating group) is 1. The number of piperazine rings is 1. The van der Waals surface area contributed by atoms with Gasteiger partial charge in [-0.15, -0.1) is 0 Å². The Labute approximate surface area is 267 Å². The van der Waals surface area contributed by atoms with Gasteiger partial charge in [-0.05, 0) is 45.2 Å². The summed E-state index contributed by atoms with van der Waals surface area (Å²) in [4.78, 5) is 36.6. The molecule has 1 amide bonds. The molecule has 47 heavy (non-hydrogen) atoms. The second kappa shape index (κ2) is 13.4. The fourth-order valence-corrected chi connectivity index (χ4v) is 5.59. The smallest absolute Gasteiger partial charge is 0.387 e. The first-order valence-corrected chi connectivity index (χ1v) is 14.6. The van der Waals surface area contributed by atoms with Crippen LogP contribution in [0.5, 0.6) is 17.2 Å². The molecule has 3 heterocycles. The van der Waals surface area contributed by atoms with E-state index in [4.69, 9.17) is 14.5 Å². The minimum atomic E-state index is -3.07. The van der Waals surface area contributed by atoms with E-state index in [-0.39, 0.29) is 40.7 Å². The van der Waals surface area contributed by atoms with Crippen molar-refractivity contribution in [1.29, 1.82) is 0 Å². The molecule has 0 spiro atoms. The van der Waals surface area contributed by atoms with Gasteiger partial charge in [-0.1, -0.05) is 0 Å². The fourth-order valence-electron chi connectivity index (χ4n) is 5.59. The SMILES string of the molecule is COc1cc(N2C[C@@H](C)N(C)[C@@H](C)C2)nc(-n2c(=O)c(NC(=O)c3ccc(OC(F)F)cc3)c(-c3c(F)cc(OC)cc3F)n2C)c1. The van der Waals surface area contributed by atoms with Crippen molar-refractivity contribution < 1.29 is 36.6 Å². The van der Waals surface area contributed by atoms with Crippen LogP contribution in [0.2, 0.25) is 0 Å². The van der Waals surface area contributed by atoms with Crippen molar-refractivity contribution in [3.05, 3.63) is 76.1 Å². The van der Waals surface area contributed by atoms with E-state index >= 15 is 8.78 Å². The molecule has 15 heteroatoms. The lowest BCUT2D eigenvalue weighted by molar-refractivity contribution is -0.0498. The Morgan fingerprint density at radius 3 is 2.00 bits per heavy atom. The second-order valence-electron chi connectivity index (χ2n) is 11.2. The van der Waals surface area contributed by atoms with Gasteiger partial charge in [0.25, 0.3) is 11.5 Å². The largest absolute Gasteiger partial charge is 0.497 e. The lowest BCUT2D eigenvalue weighted by Gasteiger charge is -2.43. The summed E-state index contributed by atoms with van der Waals surface area (Å²) in [6.45, 7) is 2.38.